The standard InChI is InChI=1S/C19H20F2N2O/c20-16-6-4-14(5-7-16)12-15-8-10-23(11-9-15)19(24)22-18-3-1-2-17(21)13-18/h1-7,13,15H,8-12H2,(H,22,24). The minimum Gasteiger partial charge on any atom is -0.325 e. The molecule has 1 aliphatic rings. The summed E-state index contributed by atoms with van der Waals surface area (Å²) >= 11 is 0. The van der Waals surface area contributed by atoms with Gasteiger partial charge in [0.25, 0.3) is 0 Å². The number of rotatable bonds is 3. The van der Waals surface area contributed by atoms with Crippen molar-refractivity contribution in [2.75, 3.05) is 18.4 Å². The third-order valence-electron chi connectivity index (χ3n) is 4.42. The lowest BCUT2D eigenvalue weighted by molar-refractivity contribution is 0.182. The second kappa shape index (κ2) is 7.43. The van der Waals surface area contributed by atoms with Gasteiger partial charge in [-0.2, -0.15) is 0 Å². The van der Waals surface area contributed by atoms with Gasteiger partial charge in [0.1, 0.15) is 11.6 Å². The van der Waals surface area contributed by atoms with Gasteiger partial charge in [0.2, 0.25) is 0 Å². The van der Waals surface area contributed by atoms with Crippen LogP contribution in [0, 0.1) is 17.6 Å². The third-order valence-corrected chi connectivity index (χ3v) is 4.42. The molecule has 1 fully saturated rings. The number of nitrogens with zero attached hydrogens (tertiary/aromatic N) is 1. The maximum Gasteiger partial charge on any atom is 0.321 e. The summed E-state index contributed by atoms with van der Waals surface area (Å²) in [5, 5.41) is 2.73. The van der Waals surface area contributed by atoms with Crippen molar-refractivity contribution in [1.29, 1.82) is 0 Å². The van der Waals surface area contributed by atoms with Crippen molar-refractivity contribution in [3.05, 3.63) is 65.7 Å². The smallest absolute Gasteiger partial charge is 0.321 e. The Labute approximate surface area is 140 Å². The predicted octanol–water partition coefficient (Wildman–Crippen LogP) is 4.45. The van der Waals surface area contributed by atoms with Crippen molar-refractivity contribution in [3.8, 4) is 0 Å². The molecule has 1 saturated heterocycles. The topological polar surface area (TPSA) is 32.3 Å². The first-order chi connectivity index (χ1) is 11.6. The monoisotopic (exact) mass is 330 g/mol. The number of halogens is 2. The number of anilines is 1. The largest absolute Gasteiger partial charge is 0.325 e. The lowest BCUT2D eigenvalue weighted by atomic mass is 9.90. The Morgan fingerprint density at radius 3 is 2.42 bits per heavy atom. The van der Waals surface area contributed by atoms with Crippen LogP contribution in [-0.2, 0) is 6.42 Å². The zero-order valence-electron chi connectivity index (χ0n) is 13.3. The number of urea groups is 1. The third kappa shape index (κ3) is 4.31. The summed E-state index contributed by atoms with van der Waals surface area (Å²) in [7, 11) is 0. The second-order valence-corrected chi connectivity index (χ2v) is 6.20. The average Bonchev–Trinajstić information content (AvgIpc) is 2.57. The molecular formula is C19H20F2N2O. The lowest BCUT2D eigenvalue weighted by Crippen LogP contribution is -2.41. The molecule has 1 N–H and O–H groups in total. The van der Waals surface area contributed by atoms with Crippen LogP contribution in [0.15, 0.2) is 48.5 Å². The molecule has 0 bridgehead atoms. The maximum absolute atomic E-state index is 13.2. The van der Waals surface area contributed by atoms with Crippen molar-refractivity contribution >= 4 is 11.7 Å². The van der Waals surface area contributed by atoms with E-state index < -0.39 is 0 Å². The van der Waals surface area contributed by atoms with Crippen LogP contribution in [0.1, 0.15) is 18.4 Å². The fourth-order valence-corrected chi connectivity index (χ4v) is 3.06. The van der Waals surface area contributed by atoms with Gasteiger partial charge < -0.3 is 10.2 Å². The van der Waals surface area contributed by atoms with Crippen LogP contribution in [0.25, 0.3) is 0 Å². The molecular weight excluding hydrogens is 310 g/mol. The first-order valence-electron chi connectivity index (χ1n) is 8.16. The maximum atomic E-state index is 13.2. The Morgan fingerprint density at radius 1 is 1.04 bits per heavy atom. The van der Waals surface area contributed by atoms with Crippen molar-refractivity contribution in [2.45, 2.75) is 19.3 Å². The highest BCUT2D eigenvalue weighted by atomic mass is 19.1. The molecule has 3 rings (SSSR count). The first-order valence-corrected chi connectivity index (χ1v) is 8.16. The number of carbonyl (C=O) groups excluding carboxylic acids is 1. The Morgan fingerprint density at radius 2 is 1.75 bits per heavy atom. The molecule has 2 aromatic rings. The molecule has 1 heterocycles. The van der Waals surface area contributed by atoms with Crippen LogP contribution in [-0.4, -0.2) is 24.0 Å². The van der Waals surface area contributed by atoms with E-state index in [1.54, 1.807) is 17.0 Å². The van der Waals surface area contributed by atoms with Crippen LogP contribution in [0.4, 0.5) is 19.3 Å². The minimum absolute atomic E-state index is 0.194. The van der Waals surface area contributed by atoms with Gasteiger partial charge in [-0.05, 0) is 61.1 Å². The highest BCUT2D eigenvalue weighted by molar-refractivity contribution is 5.89. The number of nitrogens with one attached hydrogen (secondary N) is 1. The molecule has 2 amide bonds. The van der Waals surface area contributed by atoms with E-state index in [4.69, 9.17) is 0 Å². The van der Waals surface area contributed by atoms with E-state index in [1.807, 2.05) is 12.1 Å². The number of carbonyl (C=O) groups is 1. The van der Waals surface area contributed by atoms with E-state index >= 15 is 0 Å². The van der Waals surface area contributed by atoms with E-state index in [0.29, 0.717) is 24.7 Å². The molecule has 0 aromatic heterocycles. The SMILES string of the molecule is O=C(Nc1cccc(F)c1)N1CCC(Cc2ccc(F)cc2)CC1. The summed E-state index contributed by atoms with van der Waals surface area (Å²) in [6.45, 7) is 1.35. The Balaban J connectivity index is 1.49. The van der Waals surface area contributed by atoms with Crippen molar-refractivity contribution in [3.63, 3.8) is 0 Å². The van der Waals surface area contributed by atoms with Crippen molar-refractivity contribution in [2.24, 2.45) is 5.92 Å². The number of likely N-dealkylation sites (tertiary alicyclic amines) is 1. The van der Waals surface area contributed by atoms with Gasteiger partial charge in [-0.3, -0.25) is 0 Å². The Bertz CT molecular complexity index is 695. The fraction of sp³-hybridized carbons (Fsp3) is 0.316. The molecule has 0 aliphatic carbocycles. The van der Waals surface area contributed by atoms with E-state index in [-0.39, 0.29) is 17.7 Å². The second-order valence-electron chi connectivity index (χ2n) is 6.20. The summed E-state index contributed by atoms with van der Waals surface area (Å²) in [5.41, 5.74) is 1.59. The molecule has 5 heteroatoms. The highest BCUT2D eigenvalue weighted by Gasteiger charge is 2.23. The number of benzene rings is 2. The summed E-state index contributed by atoms with van der Waals surface area (Å²) in [6.07, 6.45) is 2.72. The highest BCUT2D eigenvalue weighted by Crippen LogP contribution is 2.22. The Hall–Kier alpha value is -2.43. The first kappa shape index (κ1) is 16.4. The number of hydrogen-bond donors (Lipinski definition) is 1. The number of piperidine rings is 1. The van der Waals surface area contributed by atoms with Gasteiger partial charge in [0.05, 0.1) is 0 Å². The van der Waals surface area contributed by atoms with Crippen molar-refractivity contribution < 1.29 is 13.6 Å². The summed E-state index contributed by atoms with van der Waals surface area (Å²) < 4.78 is 26.1. The molecule has 0 unspecified atom stereocenters. The zero-order chi connectivity index (χ0) is 16.9. The van der Waals surface area contributed by atoms with Gasteiger partial charge in [-0.15, -0.1) is 0 Å². The average molecular weight is 330 g/mol. The lowest BCUT2D eigenvalue weighted by Gasteiger charge is -2.32. The van der Waals surface area contributed by atoms with Crippen LogP contribution >= 0.6 is 0 Å². The normalized spacial score (nSPS) is 15.3. The molecule has 0 spiro atoms. The number of amides is 2. The van der Waals surface area contributed by atoms with Gasteiger partial charge in [-0.1, -0.05) is 18.2 Å². The van der Waals surface area contributed by atoms with Crippen LogP contribution in [0.5, 0.6) is 0 Å². The van der Waals surface area contributed by atoms with E-state index in [2.05, 4.69) is 5.32 Å². The minimum atomic E-state index is -0.370. The van der Waals surface area contributed by atoms with Gasteiger partial charge in [0, 0.05) is 18.8 Å². The van der Waals surface area contributed by atoms with Crippen molar-refractivity contribution in [1.82, 2.24) is 4.90 Å². The molecule has 3 nitrogen and oxygen atoms in total. The number of hydrogen-bond acceptors (Lipinski definition) is 1. The van der Waals surface area contributed by atoms with E-state index in [0.717, 1.165) is 24.8 Å². The molecule has 0 saturated carbocycles. The van der Waals surface area contributed by atoms with Gasteiger partial charge >= 0.3 is 6.03 Å². The molecule has 2 aromatic carbocycles. The van der Waals surface area contributed by atoms with E-state index in [1.165, 1.54) is 24.3 Å². The quantitative estimate of drug-likeness (QED) is 0.886. The Kier molecular flexibility index (Phi) is 5.08. The summed E-state index contributed by atoms with van der Waals surface area (Å²) in [5.74, 6) is -0.0953. The molecule has 126 valence electrons. The van der Waals surface area contributed by atoms with Gasteiger partial charge in [0.15, 0.2) is 0 Å². The predicted molar refractivity (Wildman–Crippen MR) is 89.8 cm³/mol. The molecule has 24 heavy (non-hydrogen) atoms. The van der Waals surface area contributed by atoms with Crippen LogP contribution in [0.3, 0.4) is 0 Å². The van der Waals surface area contributed by atoms with Crippen LogP contribution < -0.4 is 5.32 Å². The molecule has 0 atom stereocenters. The zero-order valence-corrected chi connectivity index (χ0v) is 13.3. The van der Waals surface area contributed by atoms with Gasteiger partial charge in [-0.25, -0.2) is 13.6 Å². The molecule has 0 radical (unpaired) electrons. The van der Waals surface area contributed by atoms with Crippen LogP contribution in [0.2, 0.25) is 0 Å². The fourth-order valence-electron chi connectivity index (χ4n) is 3.06. The molecule has 1 aliphatic heterocycles. The summed E-state index contributed by atoms with van der Waals surface area (Å²) in [6, 6.07) is 12.3. The summed E-state index contributed by atoms with van der Waals surface area (Å²) in [4.78, 5) is 14.0. The van der Waals surface area contributed by atoms with E-state index in [9.17, 15) is 13.6 Å².